The first-order valence-corrected chi connectivity index (χ1v) is 3.31. The highest BCUT2D eigenvalue weighted by molar-refractivity contribution is 5.87. The standard InChI is InChI=1S/C8H12N2O/c1-7(11)8(2,9)5-4-6-10-3/h4-5H,6,9H2,1-2H3/b5-4+. The predicted octanol–water partition coefficient (Wildman–Crippen LogP) is 0.768. The van der Waals surface area contributed by atoms with E-state index in [0.717, 1.165) is 0 Å². The van der Waals surface area contributed by atoms with Crippen molar-refractivity contribution in [3.63, 3.8) is 0 Å². The van der Waals surface area contributed by atoms with Crippen molar-refractivity contribution < 1.29 is 4.79 Å². The molecule has 0 aromatic rings. The smallest absolute Gasteiger partial charge is 0.233 e. The van der Waals surface area contributed by atoms with E-state index >= 15 is 0 Å². The summed E-state index contributed by atoms with van der Waals surface area (Å²) in [6.07, 6.45) is 3.17. The summed E-state index contributed by atoms with van der Waals surface area (Å²) < 4.78 is 0. The molecule has 0 aromatic heterocycles. The molecule has 11 heavy (non-hydrogen) atoms. The summed E-state index contributed by atoms with van der Waals surface area (Å²) in [5, 5.41) is 0. The van der Waals surface area contributed by atoms with E-state index < -0.39 is 5.54 Å². The van der Waals surface area contributed by atoms with Crippen molar-refractivity contribution in [1.82, 2.24) is 0 Å². The van der Waals surface area contributed by atoms with Crippen LogP contribution in [0.4, 0.5) is 0 Å². The summed E-state index contributed by atoms with van der Waals surface area (Å²) in [6, 6.07) is 0. The fourth-order valence-electron chi connectivity index (χ4n) is 0.468. The second-order valence-corrected chi connectivity index (χ2v) is 2.58. The van der Waals surface area contributed by atoms with Crippen LogP contribution >= 0.6 is 0 Å². The quantitative estimate of drug-likeness (QED) is 0.479. The molecular weight excluding hydrogens is 140 g/mol. The van der Waals surface area contributed by atoms with Crippen LogP contribution in [0.1, 0.15) is 13.8 Å². The zero-order valence-corrected chi connectivity index (χ0v) is 6.79. The molecule has 2 N–H and O–H groups in total. The van der Waals surface area contributed by atoms with Gasteiger partial charge in [-0.2, -0.15) is 0 Å². The third-order valence-corrected chi connectivity index (χ3v) is 1.42. The number of Topliss-reactive ketones (excluding diaryl/α,β-unsaturated/α-hetero) is 1. The maximum Gasteiger partial charge on any atom is 0.233 e. The lowest BCUT2D eigenvalue weighted by molar-refractivity contribution is -0.120. The highest BCUT2D eigenvalue weighted by atomic mass is 16.1. The van der Waals surface area contributed by atoms with Gasteiger partial charge >= 0.3 is 0 Å². The van der Waals surface area contributed by atoms with E-state index in [1.165, 1.54) is 6.92 Å². The Morgan fingerprint density at radius 1 is 1.82 bits per heavy atom. The highest BCUT2D eigenvalue weighted by Gasteiger charge is 2.19. The molecule has 0 rings (SSSR count). The van der Waals surface area contributed by atoms with Crippen LogP contribution in [0.5, 0.6) is 0 Å². The van der Waals surface area contributed by atoms with Crippen molar-refractivity contribution in [3.05, 3.63) is 23.6 Å². The van der Waals surface area contributed by atoms with Crippen LogP contribution in [0, 0.1) is 6.57 Å². The summed E-state index contributed by atoms with van der Waals surface area (Å²) >= 11 is 0. The van der Waals surface area contributed by atoms with Gasteiger partial charge in [-0.15, -0.1) is 0 Å². The largest absolute Gasteiger partial charge is 0.316 e. The number of hydrogen-bond donors (Lipinski definition) is 1. The number of carbonyl (C=O) groups excluding carboxylic acids is 1. The Labute approximate surface area is 66.7 Å². The van der Waals surface area contributed by atoms with Crippen LogP contribution in [-0.2, 0) is 4.79 Å². The van der Waals surface area contributed by atoms with Crippen LogP contribution in [0.15, 0.2) is 12.2 Å². The molecule has 1 atom stereocenters. The van der Waals surface area contributed by atoms with E-state index in [0.29, 0.717) is 0 Å². The van der Waals surface area contributed by atoms with Gasteiger partial charge in [0, 0.05) is 0 Å². The second kappa shape index (κ2) is 3.89. The number of rotatable bonds is 3. The van der Waals surface area contributed by atoms with Gasteiger partial charge in [0.1, 0.15) is 0 Å². The molecule has 0 amide bonds. The van der Waals surface area contributed by atoms with Crippen molar-refractivity contribution in [2.24, 2.45) is 5.73 Å². The summed E-state index contributed by atoms with van der Waals surface area (Å²) in [6.45, 7) is 9.80. The maximum atomic E-state index is 10.8. The van der Waals surface area contributed by atoms with E-state index in [1.807, 2.05) is 0 Å². The number of carbonyl (C=O) groups is 1. The molecule has 0 saturated heterocycles. The first-order valence-electron chi connectivity index (χ1n) is 3.31. The van der Waals surface area contributed by atoms with E-state index in [9.17, 15) is 4.79 Å². The fourth-order valence-corrected chi connectivity index (χ4v) is 0.468. The van der Waals surface area contributed by atoms with Gasteiger partial charge < -0.3 is 10.6 Å². The van der Waals surface area contributed by atoms with Gasteiger partial charge in [-0.3, -0.25) is 4.79 Å². The van der Waals surface area contributed by atoms with Crippen LogP contribution in [0.25, 0.3) is 4.85 Å². The molecule has 0 bridgehead atoms. The number of ketones is 1. The van der Waals surface area contributed by atoms with E-state index in [4.69, 9.17) is 12.3 Å². The first kappa shape index (κ1) is 9.86. The van der Waals surface area contributed by atoms with Gasteiger partial charge in [-0.1, -0.05) is 6.08 Å². The second-order valence-electron chi connectivity index (χ2n) is 2.58. The minimum absolute atomic E-state index is 0.0984. The SMILES string of the molecule is [C-]#[N+]C/C=C/C(C)(N)C(C)=O. The molecule has 0 aliphatic rings. The number of hydrogen-bond acceptors (Lipinski definition) is 2. The van der Waals surface area contributed by atoms with Crippen molar-refractivity contribution in [3.8, 4) is 0 Å². The lowest BCUT2D eigenvalue weighted by Gasteiger charge is -2.14. The normalized spacial score (nSPS) is 15.8. The molecular formula is C8H12N2O. The lowest BCUT2D eigenvalue weighted by atomic mass is 9.99. The Morgan fingerprint density at radius 3 is 2.73 bits per heavy atom. The predicted molar refractivity (Wildman–Crippen MR) is 43.9 cm³/mol. The molecule has 0 saturated carbocycles. The number of nitrogens with two attached hydrogens (primary N) is 1. The molecule has 3 nitrogen and oxygen atoms in total. The minimum atomic E-state index is -0.912. The Bertz CT molecular complexity index is 211. The van der Waals surface area contributed by atoms with Gasteiger partial charge in [-0.05, 0) is 19.9 Å². The van der Waals surface area contributed by atoms with Gasteiger partial charge in [0.25, 0.3) is 0 Å². The maximum absolute atomic E-state index is 10.8. The lowest BCUT2D eigenvalue weighted by Crippen LogP contribution is -2.41. The Balaban J connectivity index is 4.14. The molecule has 60 valence electrons. The first-order chi connectivity index (χ1) is 5.00. The van der Waals surface area contributed by atoms with Crippen molar-refractivity contribution in [2.75, 3.05) is 6.54 Å². The molecule has 3 heteroatoms. The molecule has 0 spiro atoms. The molecule has 0 aliphatic carbocycles. The van der Waals surface area contributed by atoms with E-state index in [-0.39, 0.29) is 12.3 Å². The third-order valence-electron chi connectivity index (χ3n) is 1.42. The molecule has 0 aliphatic heterocycles. The van der Waals surface area contributed by atoms with Gasteiger partial charge in [0.05, 0.1) is 5.54 Å². The molecule has 0 aromatic carbocycles. The Morgan fingerprint density at radius 2 is 2.36 bits per heavy atom. The van der Waals surface area contributed by atoms with Crippen LogP contribution < -0.4 is 5.73 Å². The summed E-state index contributed by atoms with van der Waals surface area (Å²) in [7, 11) is 0. The summed E-state index contributed by atoms with van der Waals surface area (Å²) in [4.78, 5) is 13.9. The van der Waals surface area contributed by atoms with Crippen LogP contribution in [0.2, 0.25) is 0 Å². The van der Waals surface area contributed by atoms with E-state index in [2.05, 4.69) is 4.85 Å². The molecule has 0 heterocycles. The topological polar surface area (TPSA) is 47.5 Å². The van der Waals surface area contributed by atoms with Crippen molar-refractivity contribution >= 4 is 5.78 Å². The van der Waals surface area contributed by atoms with Crippen LogP contribution in [-0.4, -0.2) is 17.9 Å². The zero-order chi connectivity index (χ0) is 8.91. The highest BCUT2D eigenvalue weighted by Crippen LogP contribution is 2.02. The third kappa shape index (κ3) is 3.54. The molecule has 0 fully saturated rings. The number of nitrogens with zero attached hydrogens (tertiary/aromatic N) is 1. The van der Waals surface area contributed by atoms with E-state index in [1.54, 1.807) is 19.1 Å². The monoisotopic (exact) mass is 152 g/mol. The van der Waals surface area contributed by atoms with Crippen LogP contribution in [0.3, 0.4) is 0 Å². The summed E-state index contributed by atoms with van der Waals surface area (Å²) in [5.74, 6) is -0.0984. The minimum Gasteiger partial charge on any atom is -0.316 e. The van der Waals surface area contributed by atoms with Gasteiger partial charge in [0.15, 0.2) is 5.78 Å². The molecule has 1 unspecified atom stereocenters. The van der Waals surface area contributed by atoms with Crippen molar-refractivity contribution in [2.45, 2.75) is 19.4 Å². The Kier molecular flexibility index (Phi) is 3.49. The zero-order valence-electron chi connectivity index (χ0n) is 6.79. The van der Waals surface area contributed by atoms with Crippen molar-refractivity contribution in [1.29, 1.82) is 0 Å². The molecule has 0 radical (unpaired) electrons. The summed E-state index contributed by atoms with van der Waals surface area (Å²) in [5.41, 5.74) is 4.65. The fraction of sp³-hybridized carbons (Fsp3) is 0.500. The average molecular weight is 152 g/mol. The van der Waals surface area contributed by atoms with Gasteiger partial charge in [-0.25, -0.2) is 6.57 Å². The van der Waals surface area contributed by atoms with Gasteiger partial charge in [0.2, 0.25) is 6.54 Å². The average Bonchev–Trinajstić information content (AvgIpc) is 1.88. The Hall–Kier alpha value is -1.14.